The van der Waals surface area contributed by atoms with Crippen molar-refractivity contribution in [1.82, 2.24) is 0 Å². The van der Waals surface area contributed by atoms with Crippen molar-refractivity contribution in [2.24, 2.45) is 5.73 Å². The van der Waals surface area contributed by atoms with Crippen LogP contribution in [0.2, 0.25) is 0 Å². The van der Waals surface area contributed by atoms with E-state index in [1.165, 1.54) is 31.2 Å². The number of benzene rings is 1. The Bertz CT molecular complexity index is 354. The maximum absolute atomic E-state index is 6.23. The number of hydrogen-bond donors (Lipinski definition) is 1. The van der Waals surface area contributed by atoms with Crippen LogP contribution in [0.5, 0.6) is 5.75 Å². The summed E-state index contributed by atoms with van der Waals surface area (Å²) in [7, 11) is 0. The molecule has 0 aliphatic rings. The molecular weight excluding hydrogens is 290 g/mol. The van der Waals surface area contributed by atoms with Crippen molar-refractivity contribution in [2.75, 3.05) is 6.61 Å². The molecule has 1 atom stereocenters. The van der Waals surface area contributed by atoms with E-state index in [-0.39, 0.29) is 6.04 Å². The summed E-state index contributed by atoms with van der Waals surface area (Å²) in [5, 5.41) is 0. The van der Waals surface area contributed by atoms with Crippen LogP contribution < -0.4 is 10.5 Å². The molecule has 0 saturated heterocycles. The summed E-state index contributed by atoms with van der Waals surface area (Å²) in [6.45, 7) is 4.90. The Morgan fingerprint density at radius 3 is 2.61 bits per heavy atom. The van der Waals surface area contributed by atoms with E-state index in [0.29, 0.717) is 6.61 Å². The highest BCUT2D eigenvalue weighted by Crippen LogP contribution is 2.29. The predicted octanol–water partition coefficient (Wildman–Crippen LogP) is 4.82. The molecule has 2 N–H and O–H groups in total. The Hall–Kier alpha value is -0.540. The third-order valence-electron chi connectivity index (χ3n) is 3.05. The zero-order valence-corrected chi connectivity index (χ0v) is 13.0. The van der Waals surface area contributed by atoms with Crippen LogP contribution in [0.3, 0.4) is 0 Å². The maximum atomic E-state index is 6.23. The fourth-order valence-corrected chi connectivity index (χ4v) is 2.66. The normalized spacial score (nSPS) is 12.4. The first kappa shape index (κ1) is 15.5. The van der Waals surface area contributed by atoms with Gasteiger partial charge in [-0.1, -0.05) is 54.6 Å². The largest absolute Gasteiger partial charge is 0.494 e. The summed E-state index contributed by atoms with van der Waals surface area (Å²) in [5.74, 6) is 0.895. The molecule has 18 heavy (non-hydrogen) atoms. The van der Waals surface area contributed by atoms with Gasteiger partial charge in [0.05, 0.1) is 6.61 Å². The molecule has 0 radical (unpaired) electrons. The van der Waals surface area contributed by atoms with Gasteiger partial charge in [-0.15, -0.1) is 0 Å². The first-order valence-corrected chi connectivity index (χ1v) is 7.66. The van der Waals surface area contributed by atoms with Crippen LogP contribution in [0.1, 0.15) is 57.6 Å². The summed E-state index contributed by atoms with van der Waals surface area (Å²) < 4.78 is 6.52. The highest BCUT2D eigenvalue weighted by molar-refractivity contribution is 9.10. The second-order valence-electron chi connectivity index (χ2n) is 4.57. The lowest BCUT2D eigenvalue weighted by Crippen LogP contribution is -2.11. The number of ether oxygens (including phenoxy) is 1. The molecule has 2 nitrogen and oxygen atoms in total. The second-order valence-corrected chi connectivity index (χ2v) is 5.43. The summed E-state index contributed by atoms with van der Waals surface area (Å²) >= 11 is 3.58. The molecule has 1 aromatic rings. The minimum atomic E-state index is 0.118. The first-order valence-electron chi connectivity index (χ1n) is 6.86. The Labute approximate surface area is 119 Å². The van der Waals surface area contributed by atoms with Crippen LogP contribution in [0, 0.1) is 0 Å². The van der Waals surface area contributed by atoms with Crippen molar-refractivity contribution in [1.29, 1.82) is 0 Å². The van der Waals surface area contributed by atoms with Gasteiger partial charge in [-0.25, -0.2) is 0 Å². The van der Waals surface area contributed by atoms with Gasteiger partial charge in [0.2, 0.25) is 0 Å². The molecule has 0 amide bonds. The summed E-state index contributed by atoms with van der Waals surface area (Å²) in [6.07, 6.45) is 6.10. The molecule has 102 valence electrons. The second kappa shape index (κ2) is 8.54. The lowest BCUT2D eigenvalue weighted by molar-refractivity contribution is 0.340. The molecule has 1 rings (SSSR count). The van der Waals surface area contributed by atoms with Crippen LogP contribution >= 0.6 is 15.9 Å². The van der Waals surface area contributed by atoms with Crippen LogP contribution in [0.4, 0.5) is 0 Å². The molecule has 1 unspecified atom stereocenters. The van der Waals surface area contributed by atoms with Crippen molar-refractivity contribution < 1.29 is 4.74 Å². The third kappa shape index (κ3) is 4.99. The minimum Gasteiger partial charge on any atom is -0.494 e. The average molecular weight is 314 g/mol. The van der Waals surface area contributed by atoms with E-state index in [1.807, 2.05) is 19.1 Å². The van der Waals surface area contributed by atoms with Crippen molar-refractivity contribution in [2.45, 2.75) is 52.0 Å². The van der Waals surface area contributed by atoms with Gasteiger partial charge in [-0.2, -0.15) is 0 Å². The molecule has 0 bridgehead atoms. The van der Waals surface area contributed by atoms with Gasteiger partial charge in [0, 0.05) is 10.5 Å². The van der Waals surface area contributed by atoms with E-state index in [9.17, 15) is 0 Å². The van der Waals surface area contributed by atoms with E-state index >= 15 is 0 Å². The lowest BCUT2D eigenvalue weighted by Gasteiger charge is -2.15. The Kier molecular flexibility index (Phi) is 7.36. The molecule has 0 heterocycles. The maximum Gasteiger partial charge on any atom is 0.120 e. The van der Waals surface area contributed by atoms with Crippen LogP contribution in [-0.2, 0) is 0 Å². The first-order chi connectivity index (χ1) is 8.69. The Balaban J connectivity index is 2.54. The van der Waals surface area contributed by atoms with Crippen LogP contribution in [0.15, 0.2) is 22.7 Å². The van der Waals surface area contributed by atoms with E-state index in [1.54, 1.807) is 0 Å². The summed E-state index contributed by atoms with van der Waals surface area (Å²) in [6, 6.07) is 6.19. The van der Waals surface area contributed by atoms with Crippen molar-refractivity contribution in [3.05, 3.63) is 28.2 Å². The predicted molar refractivity (Wildman–Crippen MR) is 81.0 cm³/mol. The zero-order valence-electron chi connectivity index (χ0n) is 11.4. The number of nitrogens with two attached hydrogens (primary N) is 1. The quantitative estimate of drug-likeness (QED) is 0.698. The standard InChI is InChI=1S/C15H24BrNO/c1-3-5-6-7-8-15(17)13-10-9-12(18-4-2)11-14(13)16/h9-11,15H,3-8,17H2,1-2H3. The average Bonchev–Trinajstić information content (AvgIpc) is 2.35. The number of rotatable bonds is 8. The fourth-order valence-electron chi connectivity index (χ4n) is 2.01. The molecule has 0 fully saturated rings. The van der Waals surface area contributed by atoms with Gasteiger partial charge >= 0.3 is 0 Å². The van der Waals surface area contributed by atoms with Crippen LogP contribution in [0.25, 0.3) is 0 Å². The molecule has 0 aromatic heterocycles. The van der Waals surface area contributed by atoms with Crippen molar-refractivity contribution in [3.8, 4) is 5.75 Å². The Morgan fingerprint density at radius 1 is 1.22 bits per heavy atom. The van der Waals surface area contributed by atoms with E-state index in [2.05, 4.69) is 28.9 Å². The molecule has 1 aromatic carbocycles. The molecule has 0 spiro atoms. The molecule has 3 heteroatoms. The fraction of sp³-hybridized carbons (Fsp3) is 0.600. The van der Waals surface area contributed by atoms with Gasteiger partial charge in [-0.3, -0.25) is 0 Å². The summed E-state index contributed by atoms with van der Waals surface area (Å²) in [5.41, 5.74) is 7.41. The highest BCUT2D eigenvalue weighted by Gasteiger charge is 2.10. The van der Waals surface area contributed by atoms with Gasteiger partial charge in [0.1, 0.15) is 5.75 Å². The monoisotopic (exact) mass is 313 g/mol. The van der Waals surface area contributed by atoms with E-state index in [0.717, 1.165) is 16.6 Å². The van der Waals surface area contributed by atoms with Crippen LogP contribution in [-0.4, -0.2) is 6.61 Å². The van der Waals surface area contributed by atoms with Crippen molar-refractivity contribution >= 4 is 15.9 Å². The van der Waals surface area contributed by atoms with Crippen molar-refractivity contribution in [3.63, 3.8) is 0 Å². The molecule has 0 aliphatic carbocycles. The van der Waals surface area contributed by atoms with Gasteiger partial charge in [0.15, 0.2) is 0 Å². The number of unbranched alkanes of at least 4 members (excludes halogenated alkanes) is 3. The molecule has 0 saturated carbocycles. The van der Waals surface area contributed by atoms with Gasteiger partial charge < -0.3 is 10.5 Å². The topological polar surface area (TPSA) is 35.2 Å². The smallest absolute Gasteiger partial charge is 0.120 e. The third-order valence-corrected chi connectivity index (χ3v) is 3.74. The number of hydrogen-bond acceptors (Lipinski definition) is 2. The molecular formula is C15H24BrNO. The molecule has 0 aliphatic heterocycles. The highest BCUT2D eigenvalue weighted by atomic mass is 79.9. The van der Waals surface area contributed by atoms with Gasteiger partial charge in [-0.05, 0) is 31.0 Å². The SMILES string of the molecule is CCCCCCC(N)c1ccc(OCC)cc1Br. The zero-order chi connectivity index (χ0) is 13.4. The van der Waals surface area contributed by atoms with E-state index < -0.39 is 0 Å². The summed E-state index contributed by atoms with van der Waals surface area (Å²) in [4.78, 5) is 0. The lowest BCUT2D eigenvalue weighted by atomic mass is 10.0. The van der Waals surface area contributed by atoms with E-state index in [4.69, 9.17) is 10.5 Å². The number of halogens is 1. The minimum absolute atomic E-state index is 0.118. The van der Waals surface area contributed by atoms with Gasteiger partial charge in [0.25, 0.3) is 0 Å². The Morgan fingerprint density at radius 2 is 2.00 bits per heavy atom.